The summed E-state index contributed by atoms with van der Waals surface area (Å²) in [7, 11) is 0. The van der Waals surface area contributed by atoms with Crippen molar-refractivity contribution in [2.75, 3.05) is 0 Å². The first-order chi connectivity index (χ1) is 7.27. The average Bonchev–Trinajstić information content (AvgIpc) is 2.30. The molecule has 0 spiro atoms. The Labute approximate surface area is 101 Å². The van der Waals surface area contributed by atoms with Crippen LogP contribution in [0.25, 0.3) is 5.57 Å². The Balaban J connectivity index is 0. The van der Waals surface area contributed by atoms with Crippen LogP contribution < -0.4 is 0 Å². The van der Waals surface area contributed by atoms with Gasteiger partial charge in [-0.25, -0.2) is 0 Å². The van der Waals surface area contributed by atoms with E-state index >= 15 is 0 Å². The molecule has 1 rings (SSSR count). The lowest BCUT2D eigenvalue weighted by molar-refractivity contribution is 1.45. The maximum atomic E-state index is 4.00. The number of allylic oxidation sites excluding steroid dienone is 4. The molecule has 0 saturated carbocycles. The average molecular weight is 214 g/mol. The molecule has 0 amide bonds. The maximum Gasteiger partial charge on any atom is -0.0187 e. The minimum Gasteiger partial charge on any atom is -0.124 e. The Kier molecular flexibility index (Phi) is 10.2. The molecule has 0 heteroatoms. The monoisotopic (exact) mass is 214 g/mol. The van der Waals surface area contributed by atoms with Crippen molar-refractivity contribution < 1.29 is 0 Å². The Morgan fingerprint density at radius 1 is 1.06 bits per heavy atom. The number of hydrogen-bond donors (Lipinski definition) is 0. The predicted octanol–water partition coefficient (Wildman–Crippen LogP) is 4.86. The first kappa shape index (κ1) is 16.7. The van der Waals surface area contributed by atoms with E-state index in [0.29, 0.717) is 0 Å². The molecule has 0 aliphatic heterocycles. The van der Waals surface area contributed by atoms with Crippen LogP contribution in [0.4, 0.5) is 0 Å². The van der Waals surface area contributed by atoms with Gasteiger partial charge in [-0.3, -0.25) is 0 Å². The second-order valence-electron chi connectivity index (χ2n) is 3.11. The van der Waals surface area contributed by atoms with E-state index in [9.17, 15) is 0 Å². The van der Waals surface area contributed by atoms with Crippen LogP contribution in [0, 0.1) is 19.8 Å². The molecule has 0 aliphatic carbocycles. The van der Waals surface area contributed by atoms with Gasteiger partial charge < -0.3 is 0 Å². The maximum absolute atomic E-state index is 4.00. The quantitative estimate of drug-likeness (QED) is 0.487. The predicted molar refractivity (Wildman–Crippen MR) is 76.3 cm³/mol. The molecule has 0 fully saturated rings. The SMILES string of the molecule is C.C#C.C/C=C\C(=C/C)c1ccc(C)cc1. The molecule has 0 aromatic heterocycles. The molecule has 0 bridgehead atoms. The van der Waals surface area contributed by atoms with Gasteiger partial charge in [0, 0.05) is 0 Å². The van der Waals surface area contributed by atoms with Crippen molar-refractivity contribution in [3.8, 4) is 12.8 Å². The third-order valence-electron chi connectivity index (χ3n) is 2.04. The van der Waals surface area contributed by atoms with Gasteiger partial charge in [-0.05, 0) is 31.9 Å². The lowest BCUT2D eigenvalue weighted by Crippen LogP contribution is -1.80. The van der Waals surface area contributed by atoms with Crippen molar-refractivity contribution >= 4 is 5.57 Å². The topological polar surface area (TPSA) is 0 Å². The number of terminal acetylenes is 1. The summed E-state index contributed by atoms with van der Waals surface area (Å²) >= 11 is 0. The smallest absolute Gasteiger partial charge is 0.0187 e. The molecule has 86 valence electrons. The molecule has 0 radical (unpaired) electrons. The van der Waals surface area contributed by atoms with Crippen LogP contribution in [0.1, 0.15) is 32.4 Å². The highest BCUT2D eigenvalue weighted by Gasteiger charge is 1.94. The molecule has 0 saturated heterocycles. The normalized spacial score (nSPS) is 10.2. The van der Waals surface area contributed by atoms with Crippen LogP contribution in [-0.2, 0) is 0 Å². The van der Waals surface area contributed by atoms with E-state index in [-0.39, 0.29) is 7.43 Å². The number of benzene rings is 1. The molecule has 0 heterocycles. The van der Waals surface area contributed by atoms with Crippen molar-refractivity contribution in [1.82, 2.24) is 0 Å². The van der Waals surface area contributed by atoms with Gasteiger partial charge in [-0.15, -0.1) is 12.8 Å². The molecule has 0 nitrogen and oxygen atoms in total. The van der Waals surface area contributed by atoms with Crippen molar-refractivity contribution in [2.24, 2.45) is 0 Å². The van der Waals surface area contributed by atoms with E-state index in [0.717, 1.165) is 0 Å². The van der Waals surface area contributed by atoms with Crippen LogP contribution in [-0.4, -0.2) is 0 Å². The van der Waals surface area contributed by atoms with E-state index in [1.807, 2.05) is 6.92 Å². The lowest BCUT2D eigenvalue weighted by atomic mass is 10.0. The summed E-state index contributed by atoms with van der Waals surface area (Å²) in [6.45, 7) is 6.21. The molecule has 16 heavy (non-hydrogen) atoms. The minimum atomic E-state index is 0. The summed E-state index contributed by atoms with van der Waals surface area (Å²) in [5.74, 6) is 0. The van der Waals surface area contributed by atoms with Gasteiger partial charge >= 0.3 is 0 Å². The highest BCUT2D eigenvalue weighted by molar-refractivity contribution is 5.73. The zero-order valence-corrected chi connectivity index (χ0v) is 9.70. The van der Waals surface area contributed by atoms with Gasteiger partial charge in [0.1, 0.15) is 0 Å². The summed E-state index contributed by atoms with van der Waals surface area (Å²) in [4.78, 5) is 0. The number of hydrogen-bond acceptors (Lipinski definition) is 0. The molecule has 0 aliphatic rings. The first-order valence-electron chi connectivity index (χ1n) is 4.97. The fourth-order valence-corrected chi connectivity index (χ4v) is 1.28. The third kappa shape index (κ3) is 5.22. The molecule has 0 unspecified atom stereocenters. The molecular formula is C16H22. The second kappa shape index (κ2) is 9.80. The standard InChI is InChI=1S/C13H16.C2H2.CH4/c1-4-6-12(5-2)13-9-7-11(3)8-10-13;1-2;/h4-10H,1-3H3;1-2H;1H4/b6-4-,12-5+;;. The molecule has 0 N–H and O–H groups in total. The Bertz CT molecular complexity index is 347. The minimum absolute atomic E-state index is 0. The van der Waals surface area contributed by atoms with Gasteiger partial charge in [0.15, 0.2) is 0 Å². The van der Waals surface area contributed by atoms with Gasteiger partial charge in [0.2, 0.25) is 0 Å². The fourth-order valence-electron chi connectivity index (χ4n) is 1.28. The van der Waals surface area contributed by atoms with Crippen molar-refractivity contribution in [2.45, 2.75) is 28.2 Å². The van der Waals surface area contributed by atoms with Crippen LogP contribution in [0.15, 0.2) is 42.5 Å². The Hall–Kier alpha value is -1.74. The summed E-state index contributed by atoms with van der Waals surface area (Å²) < 4.78 is 0. The van der Waals surface area contributed by atoms with Crippen molar-refractivity contribution in [3.63, 3.8) is 0 Å². The summed E-state index contributed by atoms with van der Waals surface area (Å²) in [6.07, 6.45) is 14.3. The molecular weight excluding hydrogens is 192 g/mol. The molecule has 0 atom stereocenters. The zero-order valence-electron chi connectivity index (χ0n) is 9.70. The van der Waals surface area contributed by atoms with Gasteiger partial charge in [0.25, 0.3) is 0 Å². The summed E-state index contributed by atoms with van der Waals surface area (Å²) in [5.41, 5.74) is 3.87. The summed E-state index contributed by atoms with van der Waals surface area (Å²) in [6, 6.07) is 8.60. The zero-order chi connectivity index (χ0) is 11.7. The van der Waals surface area contributed by atoms with Gasteiger partial charge in [0.05, 0.1) is 0 Å². The van der Waals surface area contributed by atoms with Crippen molar-refractivity contribution in [1.29, 1.82) is 0 Å². The van der Waals surface area contributed by atoms with E-state index in [4.69, 9.17) is 0 Å². The van der Waals surface area contributed by atoms with Crippen molar-refractivity contribution in [3.05, 3.63) is 53.6 Å². The Morgan fingerprint density at radius 2 is 1.56 bits per heavy atom. The Morgan fingerprint density at radius 3 is 1.94 bits per heavy atom. The summed E-state index contributed by atoms with van der Waals surface area (Å²) in [5, 5.41) is 0. The van der Waals surface area contributed by atoms with Gasteiger partial charge in [-0.2, -0.15) is 0 Å². The lowest BCUT2D eigenvalue weighted by Gasteiger charge is -2.01. The van der Waals surface area contributed by atoms with E-state index in [2.05, 4.69) is 69.2 Å². The largest absolute Gasteiger partial charge is 0.124 e. The van der Waals surface area contributed by atoms with Crippen LogP contribution in [0.2, 0.25) is 0 Å². The third-order valence-corrected chi connectivity index (χ3v) is 2.04. The number of rotatable bonds is 2. The van der Waals surface area contributed by atoms with E-state index < -0.39 is 0 Å². The first-order valence-corrected chi connectivity index (χ1v) is 4.97. The van der Waals surface area contributed by atoms with E-state index in [1.54, 1.807) is 0 Å². The fraction of sp³-hybridized carbons (Fsp3) is 0.250. The second-order valence-corrected chi connectivity index (χ2v) is 3.11. The molecule has 1 aromatic rings. The van der Waals surface area contributed by atoms with Gasteiger partial charge in [-0.1, -0.05) is 55.5 Å². The van der Waals surface area contributed by atoms with Crippen LogP contribution in [0.3, 0.4) is 0 Å². The molecule has 1 aromatic carbocycles. The highest BCUT2D eigenvalue weighted by atomic mass is 14.0. The number of aryl methyl sites for hydroxylation is 1. The van der Waals surface area contributed by atoms with E-state index in [1.165, 1.54) is 16.7 Å². The van der Waals surface area contributed by atoms with Crippen LogP contribution >= 0.6 is 0 Å². The highest BCUT2D eigenvalue weighted by Crippen LogP contribution is 2.16. The van der Waals surface area contributed by atoms with Crippen LogP contribution in [0.5, 0.6) is 0 Å².